The average Bonchev–Trinajstić information content (AvgIpc) is 2.77. The number of hydrogen-bond donors (Lipinski definition) is 1. The minimum atomic E-state index is -0.394. The summed E-state index contributed by atoms with van der Waals surface area (Å²) in [6, 6.07) is 6.82. The van der Waals surface area contributed by atoms with E-state index in [-0.39, 0.29) is 30.9 Å². The predicted octanol–water partition coefficient (Wildman–Crippen LogP) is 0.989. The fraction of sp³-hybridized carbons (Fsp3) is 0.471. The van der Waals surface area contributed by atoms with E-state index in [2.05, 4.69) is 5.32 Å². The van der Waals surface area contributed by atoms with Crippen LogP contribution in [0.1, 0.15) is 29.3 Å². The third-order valence-corrected chi connectivity index (χ3v) is 4.40. The lowest BCUT2D eigenvalue weighted by molar-refractivity contribution is -0.125. The smallest absolute Gasteiger partial charge is 0.324 e. The van der Waals surface area contributed by atoms with Gasteiger partial charge in [-0.1, -0.05) is 12.1 Å². The highest BCUT2D eigenvalue weighted by Gasteiger charge is 2.29. The summed E-state index contributed by atoms with van der Waals surface area (Å²) in [6.45, 7) is 3.99. The maximum absolute atomic E-state index is 12.8. The number of rotatable bonds is 3. The van der Waals surface area contributed by atoms with Gasteiger partial charge in [0.1, 0.15) is 0 Å². The van der Waals surface area contributed by atoms with Crippen molar-refractivity contribution in [2.45, 2.75) is 25.9 Å². The summed E-state index contributed by atoms with van der Waals surface area (Å²) in [5.41, 5.74) is 1.32. The van der Waals surface area contributed by atoms with Gasteiger partial charge in [-0.25, -0.2) is 4.79 Å². The summed E-state index contributed by atoms with van der Waals surface area (Å²) in [4.78, 5) is 39.1. The van der Waals surface area contributed by atoms with Gasteiger partial charge in [0, 0.05) is 24.8 Å². The number of nitrogens with one attached hydrogen (secondary N) is 1. The second kappa shape index (κ2) is 7.00. The number of nitrogens with zero attached hydrogens (tertiary/aromatic N) is 2. The fourth-order valence-corrected chi connectivity index (χ4v) is 2.96. The third-order valence-electron chi connectivity index (χ3n) is 4.40. The van der Waals surface area contributed by atoms with Crippen LogP contribution in [0.15, 0.2) is 24.3 Å². The second-order valence-electron chi connectivity index (χ2n) is 6.09. The molecular formula is C17H21N3O4. The van der Waals surface area contributed by atoms with Crippen LogP contribution in [0, 0.1) is 0 Å². The molecule has 0 bridgehead atoms. The topological polar surface area (TPSA) is 79.0 Å². The molecule has 2 fully saturated rings. The lowest BCUT2D eigenvalue weighted by Gasteiger charge is -2.26. The number of benzene rings is 1. The van der Waals surface area contributed by atoms with Crippen LogP contribution in [0.3, 0.4) is 0 Å². The Labute approximate surface area is 140 Å². The Morgan fingerprint density at radius 2 is 2.17 bits per heavy atom. The minimum absolute atomic E-state index is 0.0305. The van der Waals surface area contributed by atoms with Crippen LogP contribution < -0.4 is 5.32 Å². The Hall–Kier alpha value is -2.41. The molecule has 24 heavy (non-hydrogen) atoms. The molecule has 1 atom stereocenters. The van der Waals surface area contributed by atoms with Gasteiger partial charge in [-0.15, -0.1) is 0 Å². The normalized spacial score (nSPS) is 21.6. The Kier molecular flexibility index (Phi) is 4.80. The zero-order valence-electron chi connectivity index (χ0n) is 13.7. The van der Waals surface area contributed by atoms with E-state index in [1.54, 1.807) is 18.2 Å². The Morgan fingerprint density at radius 3 is 2.92 bits per heavy atom. The van der Waals surface area contributed by atoms with E-state index in [4.69, 9.17) is 4.74 Å². The molecule has 2 heterocycles. The molecule has 2 aliphatic rings. The van der Waals surface area contributed by atoms with E-state index in [9.17, 15) is 14.4 Å². The van der Waals surface area contributed by atoms with Crippen molar-refractivity contribution in [2.75, 3.05) is 26.3 Å². The van der Waals surface area contributed by atoms with Gasteiger partial charge in [0.2, 0.25) is 5.91 Å². The van der Waals surface area contributed by atoms with Crippen LogP contribution in [0.25, 0.3) is 0 Å². The molecular weight excluding hydrogens is 310 g/mol. The molecule has 1 N–H and O–H groups in total. The van der Waals surface area contributed by atoms with E-state index in [0.717, 1.165) is 16.9 Å². The highest BCUT2D eigenvalue weighted by Crippen LogP contribution is 2.16. The van der Waals surface area contributed by atoms with Crippen molar-refractivity contribution in [3.05, 3.63) is 35.4 Å². The average molecular weight is 331 g/mol. The first-order valence-electron chi connectivity index (χ1n) is 8.12. The SMILES string of the molecule is CC1CCOCCN1C(=O)c1cccc(CN2C(=O)CNC2=O)c1. The Morgan fingerprint density at radius 1 is 1.33 bits per heavy atom. The number of imide groups is 1. The summed E-state index contributed by atoms with van der Waals surface area (Å²) >= 11 is 0. The van der Waals surface area contributed by atoms with Gasteiger partial charge < -0.3 is 15.0 Å². The molecule has 1 aromatic rings. The molecule has 2 saturated heterocycles. The van der Waals surface area contributed by atoms with E-state index in [1.807, 2.05) is 17.9 Å². The maximum Gasteiger partial charge on any atom is 0.324 e. The van der Waals surface area contributed by atoms with Crippen LogP contribution in [-0.4, -0.2) is 60.0 Å². The third kappa shape index (κ3) is 3.41. The summed E-state index contributed by atoms with van der Waals surface area (Å²) in [7, 11) is 0. The Balaban J connectivity index is 1.75. The monoisotopic (exact) mass is 331 g/mol. The largest absolute Gasteiger partial charge is 0.380 e. The minimum Gasteiger partial charge on any atom is -0.380 e. The second-order valence-corrected chi connectivity index (χ2v) is 6.09. The zero-order valence-corrected chi connectivity index (χ0v) is 13.7. The molecule has 0 aliphatic carbocycles. The molecule has 1 aromatic carbocycles. The quantitative estimate of drug-likeness (QED) is 0.838. The van der Waals surface area contributed by atoms with Crippen LogP contribution in [0.5, 0.6) is 0 Å². The number of urea groups is 1. The van der Waals surface area contributed by atoms with Crippen molar-refractivity contribution in [1.29, 1.82) is 0 Å². The molecule has 0 spiro atoms. The van der Waals surface area contributed by atoms with Gasteiger partial charge in [-0.05, 0) is 31.0 Å². The number of ether oxygens (including phenoxy) is 1. The van der Waals surface area contributed by atoms with E-state index < -0.39 is 6.03 Å². The van der Waals surface area contributed by atoms with Gasteiger partial charge in [-0.2, -0.15) is 0 Å². The van der Waals surface area contributed by atoms with Crippen LogP contribution in [-0.2, 0) is 16.1 Å². The first kappa shape index (κ1) is 16.4. The molecule has 2 aliphatic heterocycles. The number of amides is 4. The van der Waals surface area contributed by atoms with Crippen molar-refractivity contribution in [2.24, 2.45) is 0 Å². The van der Waals surface area contributed by atoms with Gasteiger partial charge in [0.15, 0.2) is 0 Å². The summed E-state index contributed by atoms with van der Waals surface area (Å²) in [5.74, 6) is -0.304. The fourth-order valence-electron chi connectivity index (χ4n) is 2.96. The van der Waals surface area contributed by atoms with Crippen LogP contribution in [0.4, 0.5) is 4.79 Å². The van der Waals surface area contributed by atoms with Crippen molar-refractivity contribution in [3.63, 3.8) is 0 Å². The number of carbonyl (C=O) groups excluding carboxylic acids is 3. The number of carbonyl (C=O) groups is 3. The van der Waals surface area contributed by atoms with Gasteiger partial charge in [-0.3, -0.25) is 14.5 Å². The van der Waals surface area contributed by atoms with E-state index in [1.165, 1.54) is 0 Å². The van der Waals surface area contributed by atoms with E-state index in [0.29, 0.717) is 25.3 Å². The Bertz CT molecular complexity index is 645. The molecule has 0 saturated carbocycles. The summed E-state index contributed by atoms with van der Waals surface area (Å²) in [6.07, 6.45) is 0.813. The molecule has 1 unspecified atom stereocenters. The maximum atomic E-state index is 12.8. The standard InChI is InChI=1S/C17H21N3O4/c1-12-5-7-24-8-6-19(12)16(22)14-4-2-3-13(9-14)11-20-15(21)10-18-17(20)23/h2-4,9,12H,5-8,10-11H2,1H3,(H,18,23). The van der Waals surface area contributed by atoms with Crippen molar-refractivity contribution in [3.8, 4) is 0 Å². The molecule has 0 radical (unpaired) electrons. The highest BCUT2D eigenvalue weighted by molar-refractivity contribution is 6.02. The van der Waals surface area contributed by atoms with Crippen molar-refractivity contribution >= 4 is 17.8 Å². The predicted molar refractivity (Wildman–Crippen MR) is 86.3 cm³/mol. The first-order chi connectivity index (χ1) is 11.6. The van der Waals surface area contributed by atoms with E-state index >= 15 is 0 Å². The molecule has 128 valence electrons. The summed E-state index contributed by atoms with van der Waals surface area (Å²) in [5, 5.41) is 2.49. The van der Waals surface area contributed by atoms with Crippen molar-refractivity contribution in [1.82, 2.24) is 15.1 Å². The molecule has 7 heteroatoms. The highest BCUT2D eigenvalue weighted by atomic mass is 16.5. The van der Waals surface area contributed by atoms with Gasteiger partial charge >= 0.3 is 6.03 Å². The first-order valence-corrected chi connectivity index (χ1v) is 8.12. The van der Waals surface area contributed by atoms with Crippen LogP contribution >= 0.6 is 0 Å². The molecule has 7 nitrogen and oxygen atoms in total. The van der Waals surface area contributed by atoms with Gasteiger partial charge in [0.05, 0.1) is 19.7 Å². The van der Waals surface area contributed by atoms with Gasteiger partial charge in [0.25, 0.3) is 5.91 Å². The molecule has 3 rings (SSSR count). The molecule has 0 aromatic heterocycles. The number of hydrogen-bond acceptors (Lipinski definition) is 4. The summed E-state index contributed by atoms with van der Waals surface area (Å²) < 4.78 is 5.43. The zero-order chi connectivity index (χ0) is 17.1. The van der Waals surface area contributed by atoms with Crippen LogP contribution in [0.2, 0.25) is 0 Å². The van der Waals surface area contributed by atoms with Crippen molar-refractivity contribution < 1.29 is 19.1 Å². The molecule has 4 amide bonds. The lowest BCUT2D eigenvalue weighted by Crippen LogP contribution is -2.39. The lowest BCUT2D eigenvalue weighted by atomic mass is 10.1.